The fourth-order valence-corrected chi connectivity index (χ4v) is 4.23. The van der Waals surface area contributed by atoms with Gasteiger partial charge in [-0.1, -0.05) is 38.7 Å². The Hall–Kier alpha value is -2.60. The van der Waals surface area contributed by atoms with E-state index in [1.807, 2.05) is 12.1 Å². The molecule has 0 amide bonds. The second-order valence-electron chi connectivity index (χ2n) is 9.01. The zero-order valence-electron chi connectivity index (χ0n) is 18.3. The first-order chi connectivity index (χ1) is 14.3. The van der Waals surface area contributed by atoms with E-state index in [1.54, 1.807) is 24.3 Å². The zero-order valence-corrected chi connectivity index (χ0v) is 20.1. The Labute approximate surface area is 183 Å². The van der Waals surface area contributed by atoms with Crippen molar-refractivity contribution in [2.24, 2.45) is 0 Å². The number of hydrogen-bond acceptors (Lipinski definition) is 5. The molecular formula is C23H26O6SSi. The molecule has 0 spiro atoms. The Morgan fingerprint density at radius 2 is 1.74 bits per heavy atom. The van der Waals surface area contributed by atoms with Gasteiger partial charge in [0.15, 0.2) is 0 Å². The predicted octanol–water partition coefficient (Wildman–Crippen LogP) is 4.96. The third-order valence-corrected chi connectivity index (χ3v) is 10.7. The average Bonchev–Trinajstić information content (AvgIpc) is 2.63. The van der Waals surface area contributed by atoms with Gasteiger partial charge in [0.05, 0.1) is 11.1 Å². The topological polar surface area (TPSA) is 93.8 Å². The minimum atomic E-state index is -4.04. The molecule has 1 heterocycles. The van der Waals surface area contributed by atoms with Crippen molar-refractivity contribution in [3.8, 4) is 17.6 Å². The minimum Gasteiger partial charge on any atom is -0.543 e. The van der Waals surface area contributed by atoms with Gasteiger partial charge < -0.3 is 8.84 Å². The van der Waals surface area contributed by atoms with E-state index in [2.05, 4.69) is 45.7 Å². The average molecular weight is 459 g/mol. The van der Waals surface area contributed by atoms with E-state index in [1.165, 1.54) is 0 Å². The van der Waals surface area contributed by atoms with E-state index >= 15 is 0 Å². The normalized spacial score (nSPS) is 12.6. The molecule has 0 atom stereocenters. The maximum Gasteiger partial charge on any atom is 0.344 e. The maximum atomic E-state index is 12.6. The van der Waals surface area contributed by atoms with Crippen LogP contribution >= 0.6 is 0 Å². The maximum absolute atomic E-state index is 12.6. The molecule has 3 aromatic rings. The lowest BCUT2D eigenvalue weighted by Crippen LogP contribution is -2.43. The Balaban J connectivity index is 1.98. The van der Waals surface area contributed by atoms with Crippen molar-refractivity contribution < 1.29 is 21.8 Å². The molecule has 0 unspecified atom stereocenters. The Bertz CT molecular complexity index is 1370. The van der Waals surface area contributed by atoms with Gasteiger partial charge in [-0.15, -0.1) is 0 Å². The lowest BCUT2D eigenvalue weighted by Gasteiger charge is -2.36. The summed E-state index contributed by atoms with van der Waals surface area (Å²) in [5, 5.41) is 1.98. The molecule has 1 N–H and O–H groups in total. The third kappa shape index (κ3) is 5.36. The van der Waals surface area contributed by atoms with Crippen LogP contribution in [0.3, 0.4) is 0 Å². The van der Waals surface area contributed by atoms with Crippen molar-refractivity contribution in [2.75, 3.05) is 5.75 Å². The fraction of sp³-hybridized carbons (Fsp3) is 0.348. The van der Waals surface area contributed by atoms with Gasteiger partial charge in [-0.25, -0.2) is 4.79 Å². The number of benzene rings is 2. The van der Waals surface area contributed by atoms with Crippen molar-refractivity contribution >= 4 is 40.2 Å². The van der Waals surface area contributed by atoms with Crippen LogP contribution < -0.4 is 10.1 Å². The van der Waals surface area contributed by atoms with Crippen LogP contribution in [0.15, 0.2) is 45.6 Å². The summed E-state index contributed by atoms with van der Waals surface area (Å²) in [6.07, 6.45) is 0.000201. The van der Waals surface area contributed by atoms with Crippen LogP contribution in [0.25, 0.3) is 21.7 Å². The highest BCUT2D eigenvalue weighted by Gasteiger charge is 2.39. The Morgan fingerprint density at radius 1 is 1.06 bits per heavy atom. The van der Waals surface area contributed by atoms with Crippen LogP contribution in [-0.4, -0.2) is 27.0 Å². The second kappa shape index (κ2) is 8.15. The van der Waals surface area contributed by atoms with E-state index in [-0.39, 0.29) is 11.5 Å². The van der Waals surface area contributed by atoms with E-state index in [0.29, 0.717) is 22.3 Å². The van der Waals surface area contributed by atoms with Crippen LogP contribution in [0.2, 0.25) is 18.1 Å². The van der Waals surface area contributed by atoms with E-state index in [4.69, 9.17) is 13.4 Å². The van der Waals surface area contributed by atoms with Gasteiger partial charge in [-0.3, -0.25) is 4.55 Å². The fourth-order valence-electron chi connectivity index (χ4n) is 2.85. The summed E-state index contributed by atoms with van der Waals surface area (Å²) in [7, 11) is -6.07. The first kappa shape index (κ1) is 23.1. The van der Waals surface area contributed by atoms with E-state index in [9.17, 15) is 13.2 Å². The largest absolute Gasteiger partial charge is 0.543 e. The summed E-state index contributed by atoms with van der Waals surface area (Å²) in [4.78, 5) is 12.6. The van der Waals surface area contributed by atoms with Crippen molar-refractivity contribution in [1.29, 1.82) is 0 Å². The van der Waals surface area contributed by atoms with Crippen molar-refractivity contribution in [1.82, 2.24) is 0 Å². The highest BCUT2D eigenvalue weighted by atomic mass is 32.2. The van der Waals surface area contributed by atoms with Gasteiger partial charge in [0.1, 0.15) is 11.3 Å². The first-order valence-electron chi connectivity index (χ1n) is 9.90. The molecule has 0 fully saturated rings. The molecule has 164 valence electrons. The highest BCUT2D eigenvalue weighted by Crippen LogP contribution is 2.38. The van der Waals surface area contributed by atoms with Crippen LogP contribution in [-0.2, 0) is 10.1 Å². The zero-order chi connectivity index (χ0) is 23.0. The van der Waals surface area contributed by atoms with Gasteiger partial charge >= 0.3 is 5.63 Å². The van der Waals surface area contributed by atoms with Crippen molar-refractivity contribution in [2.45, 2.75) is 45.3 Å². The smallest absolute Gasteiger partial charge is 0.344 e. The van der Waals surface area contributed by atoms with Crippen molar-refractivity contribution in [3.63, 3.8) is 0 Å². The minimum absolute atomic E-state index is 0.000201. The molecule has 0 bridgehead atoms. The summed E-state index contributed by atoms with van der Waals surface area (Å²) in [5.41, 5.74) is 0.543. The molecule has 0 saturated carbocycles. The number of hydrogen-bond donors (Lipinski definition) is 1. The molecule has 0 aliphatic heterocycles. The summed E-state index contributed by atoms with van der Waals surface area (Å²) in [6.45, 7) is 10.8. The predicted molar refractivity (Wildman–Crippen MR) is 126 cm³/mol. The van der Waals surface area contributed by atoms with Crippen molar-refractivity contribution in [3.05, 3.63) is 52.4 Å². The molecule has 8 heteroatoms. The molecule has 3 rings (SSSR count). The van der Waals surface area contributed by atoms with Crippen LogP contribution in [0.4, 0.5) is 0 Å². The standard InChI is InChI=1S/C23H26O6SSi/c1-23(2,3)31(4,5)29-17-10-12-19-18-11-9-16(8-6-7-13-30(25,26)27)14-20(18)22(24)28-21(19)15-17/h9-12,14-15H,7,13H2,1-5H3,(H,25,26,27). The monoisotopic (exact) mass is 458 g/mol. The lowest BCUT2D eigenvalue weighted by molar-refractivity contribution is 0.483. The van der Waals surface area contributed by atoms with E-state index < -0.39 is 29.8 Å². The number of fused-ring (bicyclic) bond motifs is 3. The molecule has 1 aromatic heterocycles. The van der Waals surface area contributed by atoms with Gasteiger partial charge in [0.25, 0.3) is 10.1 Å². The molecule has 0 radical (unpaired) electrons. The summed E-state index contributed by atoms with van der Waals surface area (Å²) in [5.74, 6) is 5.75. The van der Waals surface area contributed by atoms with Gasteiger partial charge in [-0.05, 0) is 42.4 Å². The number of rotatable bonds is 4. The molecule has 0 saturated heterocycles. The van der Waals surface area contributed by atoms with Crippen LogP contribution in [0, 0.1) is 11.8 Å². The second-order valence-corrected chi connectivity index (χ2v) is 15.3. The summed E-state index contributed by atoms with van der Waals surface area (Å²) >= 11 is 0. The Morgan fingerprint density at radius 3 is 2.39 bits per heavy atom. The van der Waals surface area contributed by atoms with Crippen LogP contribution in [0.1, 0.15) is 32.8 Å². The first-order valence-corrected chi connectivity index (χ1v) is 14.4. The van der Waals surface area contributed by atoms with E-state index in [0.717, 1.165) is 10.8 Å². The molecule has 2 aromatic carbocycles. The quantitative estimate of drug-likeness (QED) is 0.195. The molecule has 31 heavy (non-hydrogen) atoms. The lowest BCUT2D eigenvalue weighted by atomic mass is 10.0. The Kier molecular flexibility index (Phi) is 6.06. The highest BCUT2D eigenvalue weighted by molar-refractivity contribution is 7.85. The third-order valence-electron chi connectivity index (χ3n) is 5.58. The van der Waals surface area contributed by atoms with Gasteiger partial charge in [0.2, 0.25) is 8.32 Å². The summed E-state index contributed by atoms with van der Waals surface area (Å²) < 4.78 is 42.2. The molecule has 0 aliphatic rings. The van der Waals surface area contributed by atoms with Crippen LogP contribution in [0.5, 0.6) is 5.75 Å². The summed E-state index contributed by atoms with van der Waals surface area (Å²) in [6, 6.07) is 10.7. The van der Waals surface area contributed by atoms with Gasteiger partial charge in [-0.2, -0.15) is 8.42 Å². The molecule has 0 aliphatic carbocycles. The van der Waals surface area contributed by atoms with Gasteiger partial charge in [0, 0.05) is 28.8 Å². The molecule has 6 nitrogen and oxygen atoms in total. The molecular weight excluding hydrogens is 432 g/mol. The SMILES string of the molecule is CC(C)(C)[Si](C)(C)Oc1ccc2c(c1)oc(=O)c1cc(C#CCCS(=O)(=O)O)ccc12.